The highest BCUT2D eigenvalue weighted by atomic mass is 14.9. The van der Waals surface area contributed by atoms with E-state index < -0.39 is 5.41 Å². The van der Waals surface area contributed by atoms with E-state index in [1.807, 2.05) is 13.8 Å². The predicted octanol–water partition coefficient (Wildman–Crippen LogP) is 4.72. The number of nitrogens with one attached hydrogen (secondary N) is 1. The number of benzene rings is 1. The van der Waals surface area contributed by atoms with Crippen LogP contribution in [-0.2, 0) is 5.41 Å². The van der Waals surface area contributed by atoms with Crippen molar-refractivity contribution < 1.29 is 0 Å². The van der Waals surface area contributed by atoms with Gasteiger partial charge in [-0.05, 0) is 55.7 Å². The lowest BCUT2D eigenvalue weighted by molar-refractivity contribution is 0.366. The van der Waals surface area contributed by atoms with Crippen molar-refractivity contribution in [3.8, 4) is 6.07 Å². The van der Waals surface area contributed by atoms with Crippen molar-refractivity contribution in [1.82, 2.24) is 0 Å². The summed E-state index contributed by atoms with van der Waals surface area (Å²) in [6, 6.07) is 11.2. The van der Waals surface area contributed by atoms with Gasteiger partial charge in [0.05, 0.1) is 11.5 Å². The number of nitrogens with zero attached hydrogens (tertiary/aromatic N) is 1. The molecule has 0 aliphatic heterocycles. The molecule has 2 atom stereocenters. The van der Waals surface area contributed by atoms with Gasteiger partial charge in [-0.1, -0.05) is 32.9 Å². The average molecular weight is 270 g/mol. The minimum atomic E-state index is -0.416. The summed E-state index contributed by atoms with van der Waals surface area (Å²) in [5, 5.41) is 12.8. The van der Waals surface area contributed by atoms with E-state index in [2.05, 4.69) is 56.4 Å². The van der Waals surface area contributed by atoms with Crippen LogP contribution in [0.1, 0.15) is 53.0 Å². The Balaban J connectivity index is 2.07. The molecule has 0 radical (unpaired) electrons. The maximum absolute atomic E-state index is 9.17. The van der Waals surface area contributed by atoms with Gasteiger partial charge in [-0.2, -0.15) is 5.26 Å². The van der Waals surface area contributed by atoms with Gasteiger partial charge in [-0.25, -0.2) is 0 Å². The lowest BCUT2D eigenvalue weighted by atomic mass is 9.86. The van der Waals surface area contributed by atoms with Crippen molar-refractivity contribution in [2.45, 2.75) is 58.9 Å². The van der Waals surface area contributed by atoms with E-state index in [-0.39, 0.29) is 0 Å². The van der Waals surface area contributed by atoms with Crippen molar-refractivity contribution in [3.05, 3.63) is 29.8 Å². The highest BCUT2D eigenvalue weighted by Gasteiger charge is 2.36. The molecular weight excluding hydrogens is 244 g/mol. The molecule has 1 aliphatic carbocycles. The quantitative estimate of drug-likeness (QED) is 0.862. The lowest BCUT2D eigenvalue weighted by Crippen LogP contribution is -2.22. The molecule has 0 aromatic heterocycles. The van der Waals surface area contributed by atoms with Gasteiger partial charge in [0.2, 0.25) is 0 Å². The Morgan fingerprint density at radius 3 is 2.25 bits per heavy atom. The summed E-state index contributed by atoms with van der Waals surface area (Å²) in [4.78, 5) is 0. The first kappa shape index (κ1) is 14.9. The molecule has 1 aromatic rings. The van der Waals surface area contributed by atoms with E-state index in [1.54, 1.807) is 0 Å². The van der Waals surface area contributed by atoms with Crippen LogP contribution in [-0.4, -0.2) is 6.04 Å². The highest BCUT2D eigenvalue weighted by molar-refractivity contribution is 5.48. The van der Waals surface area contributed by atoms with E-state index in [4.69, 9.17) is 0 Å². The van der Waals surface area contributed by atoms with Crippen LogP contribution >= 0.6 is 0 Å². The van der Waals surface area contributed by atoms with Crippen LogP contribution in [0.25, 0.3) is 0 Å². The molecule has 20 heavy (non-hydrogen) atoms. The third-order valence-electron chi connectivity index (χ3n) is 4.57. The van der Waals surface area contributed by atoms with Gasteiger partial charge in [0.1, 0.15) is 0 Å². The van der Waals surface area contributed by atoms with Crippen LogP contribution in [0, 0.1) is 22.7 Å². The smallest absolute Gasteiger partial charge is 0.0766 e. The SMILES string of the molecule is CC1CC(C)(C)CC1Nc1ccc(C(C)(C)C#N)cc1. The molecule has 1 N–H and O–H groups in total. The molecule has 2 heteroatoms. The Kier molecular flexibility index (Phi) is 3.82. The molecule has 108 valence electrons. The first-order chi connectivity index (χ1) is 9.23. The molecular formula is C18H26N2. The van der Waals surface area contributed by atoms with Gasteiger partial charge in [-0.3, -0.25) is 0 Å². The van der Waals surface area contributed by atoms with Gasteiger partial charge in [-0.15, -0.1) is 0 Å². The maximum Gasteiger partial charge on any atom is 0.0766 e. The first-order valence-electron chi connectivity index (χ1n) is 7.52. The summed E-state index contributed by atoms with van der Waals surface area (Å²) in [6.07, 6.45) is 2.50. The molecule has 1 aromatic carbocycles. The van der Waals surface area contributed by atoms with Crippen molar-refractivity contribution in [3.63, 3.8) is 0 Å². The van der Waals surface area contributed by atoms with Crippen LogP contribution in [0.3, 0.4) is 0 Å². The lowest BCUT2D eigenvalue weighted by Gasteiger charge is -2.21. The number of nitriles is 1. The fraction of sp³-hybridized carbons (Fsp3) is 0.611. The molecule has 1 aliphatic rings. The van der Waals surface area contributed by atoms with E-state index in [0.717, 1.165) is 11.3 Å². The standard InChI is InChI=1S/C18H26N2/c1-13-10-17(2,3)11-16(13)20-15-8-6-14(7-9-15)18(4,5)12-19/h6-9,13,16,20H,10-11H2,1-5H3. The summed E-state index contributed by atoms with van der Waals surface area (Å²) in [6.45, 7) is 10.9. The summed E-state index contributed by atoms with van der Waals surface area (Å²) < 4.78 is 0. The predicted molar refractivity (Wildman–Crippen MR) is 84.7 cm³/mol. The van der Waals surface area contributed by atoms with Crippen LogP contribution in [0.4, 0.5) is 5.69 Å². The van der Waals surface area contributed by atoms with Crippen LogP contribution < -0.4 is 5.32 Å². The second-order valence-corrected chi connectivity index (χ2v) is 7.61. The van der Waals surface area contributed by atoms with Crippen LogP contribution in [0.15, 0.2) is 24.3 Å². The van der Waals surface area contributed by atoms with Gasteiger partial charge in [0.15, 0.2) is 0 Å². The topological polar surface area (TPSA) is 35.8 Å². The molecule has 0 spiro atoms. The molecule has 2 rings (SSSR count). The third kappa shape index (κ3) is 3.15. The summed E-state index contributed by atoms with van der Waals surface area (Å²) in [7, 11) is 0. The monoisotopic (exact) mass is 270 g/mol. The van der Waals surface area contributed by atoms with Crippen molar-refractivity contribution >= 4 is 5.69 Å². The third-order valence-corrected chi connectivity index (χ3v) is 4.57. The van der Waals surface area contributed by atoms with E-state index in [1.165, 1.54) is 12.8 Å². The van der Waals surface area contributed by atoms with E-state index in [9.17, 15) is 5.26 Å². The largest absolute Gasteiger partial charge is 0.382 e. The summed E-state index contributed by atoms with van der Waals surface area (Å²) >= 11 is 0. The van der Waals surface area contributed by atoms with Crippen LogP contribution in [0.2, 0.25) is 0 Å². The number of rotatable bonds is 3. The zero-order chi connectivity index (χ0) is 15.0. The molecule has 0 bridgehead atoms. The van der Waals surface area contributed by atoms with Gasteiger partial charge < -0.3 is 5.32 Å². The van der Waals surface area contributed by atoms with Crippen molar-refractivity contribution in [2.75, 3.05) is 5.32 Å². The summed E-state index contributed by atoms with van der Waals surface area (Å²) in [5.74, 6) is 0.709. The Morgan fingerprint density at radius 2 is 1.80 bits per heavy atom. The zero-order valence-electron chi connectivity index (χ0n) is 13.3. The minimum absolute atomic E-state index is 0.416. The Bertz CT molecular complexity index is 505. The molecule has 2 unspecified atom stereocenters. The molecule has 0 saturated heterocycles. The molecule has 1 fully saturated rings. The Morgan fingerprint density at radius 1 is 1.20 bits per heavy atom. The molecule has 1 saturated carbocycles. The number of hydrogen-bond acceptors (Lipinski definition) is 2. The second kappa shape index (κ2) is 5.13. The highest BCUT2D eigenvalue weighted by Crippen LogP contribution is 2.42. The van der Waals surface area contributed by atoms with E-state index >= 15 is 0 Å². The number of anilines is 1. The van der Waals surface area contributed by atoms with Crippen molar-refractivity contribution in [2.24, 2.45) is 11.3 Å². The summed E-state index contributed by atoms with van der Waals surface area (Å²) in [5.41, 5.74) is 2.27. The van der Waals surface area contributed by atoms with Gasteiger partial charge >= 0.3 is 0 Å². The van der Waals surface area contributed by atoms with Crippen molar-refractivity contribution in [1.29, 1.82) is 5.26 Å². The molecule has 2 nitrogen and oxygen atoms in total. The van der Waals surface area contributed by atoms with E-state index in [0.29, 0.717) is 17.4 Å². The Labute approximate surface area is 123 Å². The zero-order valence-corrected chi connectivity index (χ0v) is 13.3. The van der Waals surface area contributed by atoms with Crippen LogP contribution in [0.5, 0.6) is 0 Å². The number of hydrogen-bond donors (Lipinski definition) is 1. The molecule has 0 amide bonds. The molecule has 0 heterocycles. The first-order valence-corrected chi connectivity index (χ1v) is 7.52. The average Bonchev–Trinajstić information content (AvgIpc) is 2.63. The second-order valence-electron chi connectivity index (χ2n) is 7.61. The fourth-order valence-electron chi connectivity index (χ4n) is 3.35. The van der Waals surface area contributed by atoms with Gasteiger partial charge in [0, 0.05) is 11.7 Å². The maximum atomic E-state index is 9.17. The normalized spacial score (nSPS) is 25.2. The minimum Gasteiger partial charge on any atom is -0.382 e. The fourth-order valence-corrected chi connectivity index (χ4v) is 3.35. The van der Waals surface area contributed by atoms with Gasteiger partial charge in [0.25, 0.3) is 0 Å². The Hall–Kier alpha value is -1.49.